The van der Waals surface area contributed by atoms with Gasteiger partial charge in [0.15, 0.2) is 5.82 Å². The first-order chi connectivity index (χ1) is 8.72. The number of para-hydroxylation sites is 1. The molecule has 1 aromatic carbocycles. The van der Waals surface area contributed by atoms with Gasteiger partial charge in [-0.05, 0) is 34.5 Å². The summed E-state index contributed by atoms with van der Waals surface area (Å²) in [6, 6.07) is 5.57. The van der Waals surface area contributed by atoms with Crippen LogP contribution < -0.4 is 5.73 Å². The summed E-state index contributed by atoms with van der Waals surface area (Å²) in [5.41, 5.74) is 7.25. The van der Waals surface area contributed by atoms with Crippen molar-refractivity contribution in [3.05, 3.63) is 28.5 Å². The summed E-state index contributed by atoms with van der Waals surface area (Å²) < 4.78 is 11.3. The number of nitrogens with two attached hydrogens (primary N) is 1. The Hall–Kier alpha value is -1.40. The van der Waals surface area contributed by atoms with Crippen LogP contribution in [0.25, 0.3) is 11.5 Å². The Morgan fingerprint density at radius 1 is 1.44 bits per heavy atom. The van der Waals surface area contributed by atoms with Crippen LogP contribution in [0.3, 0.4) is 0 Å². The van der Waals surface area contributed by atoms with Crippen molar-refractivity contribution in [3.63, 3.8) is 0 Å². The Kier molecular flexibility index (Phi) is 4.33. The molecule has 2 rings (SSSR count). The van der Waals surface area contributed by atoms with E-state index in [0.29, 0.717) is 30.6 Å². The van der Waals surface area contributed by atoms with E-state index in [1.165, 1.54) is 0 Å². The van der Waals surface area contributed by atoms with Gasteiger partial charge in [0.2, 0.25) is 0 Å². The molecule has 2 aromatic rings. The lowest BCUT2D eigenvalue weighted by Crippen LogP contribution is -1.96. The third-order valence-corrected chi connectivity index (χ3v) is 3.02. The number of hydrogen-bond acceptors (Lipinski definition) is 5. The van der Waals surface area contributed by atoms with Crippen molar-refractivity contribution in [2.24, 2.45) is 0 Å². The van der Waals surface area contributed by atoms with Gasteiger partial charge in [0.05, 0.1) is 11.3 Å². The standard InChI is InChI=1S/C12H14BrN3O2/c1-2-6-17-7-10-15-12(18-16-10)8-4-3-5-9(13)11(8)14/h3-5H,2,6-7,14H2,1H3. The Bertz CT molecular complexity index is 528. The van der Waals surface area contributed by atoms with E-state index in [2.05, 4.69) is 26.1 Å². The third kappa shape index (κ3) is 2.88. The molecule has 0 amide bonds. The van der Waals surface area contributed by atoms with E-state index >= 15 is 0 Å². The Morgan fingerprint density at radius 3 is 3.06 bits per heavy atom. The molecule has 0 aliphatic heterocycles. The zero-order chi connectivity index (χ0) is 13.0. The molecule has 0 atom stereocenters. The fraction of sp³-hybridized carbons (Fsp3) is 0.333. The molecule has 0 aliphatic rings. The molecular formula is C12H14BrN3O2. The number of rotatable bonds is 5. The average molecular weight is 312 g/mol. The lowest BCUT2D eigenvalue weighted by Gasteiger charge is -2.01. The summed E-state index contributed by atoms with van der Waals surface area (Å²) in [5.74, 6) is 0.932. The van der Waals surface area contributed by atoms with Crippen LogP contribution in [-0.2, 0) is 11.3 Å². The molecule has 0 aliphatic carbocycles. The van der Waals surface area contributed by atoms with E-state index in [1.807, 2.05) is 25.1 Å². The number of nitrogens with zero attached hydrogens (tertiary/aromatic N) is 2. The molecule has 96 valence electrons. The summed E-state index contributed by atoms with van der Waals surface area (Å²) >= 11 is 3.36. The van der Waals surface area contributed by atoms with E-state index in [9.17, 15) is 0 Å². The van der Waals surface area contributed by atoms with Gasteiger partial charge in [-0.15, -0.1) is 0 Å². The summed E-state index contributed by atoms with van der Waals surface area (Å²) in [6.07, 6.45) is 0.962. The summed E-state index contributed by atoms with van der Waals surface area (Å²) in [5, 5.41) is 3.85. The normalized spacial score (nSPS) is 10.8. The van der Waals surface area contributed by atoms with Gasteiger partial charge in [0, 0.05) is 11.1 Å². The van der Waals surface area contributed by atoms with E-state index in [1.54, 1.807) is 0 Å². The zero-order valence-corrected chi connectivity index (χ0v) is 11.6. The van der Waals surface area contributed by atoms with Crippen molar-refractivity contribution in [3.8, 4) is 11.5 Å². The van der Waals surface area contributed by atoms with Crippen LogP contribution in [0.15, 0.2) is 27.2 Å². The van der Waals surface area contributed by atoms with E-state index in [0.717, 1.165) is 16.5 Å². The average Bonchev–Trinajstić information content (AvgIpc) is 2.82. The first kappa shape index (κ1) is 13.0. The predicted molar refractivity (Wildman–Crippen MR) is 71.8 cm³/mol. The van der Waals surface area contributed by atoms with E-state index < -0.39 is 0 Å². The van der Waals surface area contributed by atoms with Crippen molar-refractivity contribution >= 4 is 21.6 Å². The lowest BCUT2D eigenvalue weighted by atomic mass is 10.2. The molecule has 0 saturated heterocycles. The summed E-state index contributed by atoms with van der Waals surface area (Å²) in [6.45, 7) is 3.08. The highest BCUT2D eigenvalue weighted by atomic mass is 79.9. The minimum Gasteiger partial charge on any atom is -0.397 e. The molecule has 1 heterocycles. The molecule has 18 heavy (non-hydrogen) atoms. The predicted octanol–water partition coefficient (Wildman–Crippen LogP) is 3.01. The highest BCUT2D eigenvalue weighted by Gasteiger charge is 2.13. The smallest absolute Gasteiger partial charge is 0.260 e. The van der Waals surface area contributed by atoms with Crippen LogP contribution in [0.2, 0.25) is 0 Å². The van der Waals surface area contributed by atoms with Gasteiger partial charge in [-0.1, -0.05) is 18.1 Å². The van der Waals surface area contributed by atoms with Crippen LogP contribution in [0.1, 0.15) is 19.2 Å². The first-order valence-corrected chi connectivity index (χ1v) is 6.46. The van der Waals surface area contributed by atoms with Crippen LogP contribution >= 0.6 is 15.9 Å². The fourth-order valence-corrected chi connectivity index (χ4v) is 1.82. The van der Waals surface area contributed by atoms with Gasteiger partial charge < -0.3 is 15.0 Å². The number of aromatic nitrogens is 2. The van der Waals surface area contributed by atoms with Crippen molar-refractivity contribution in [1.29, 1.82) is 0 Å². The molecule has 0 saturated carbocycles. The van der Waals surface area contributed by atoms with Gasteiger partial charge >= 0.3 is 0 Å². The summed E-state index contributed by atoms with van der Waals surface area (Å²) in [7, 11) is 0. The minimum atomic E-state index is 0.352. The Balaban J connectivity index is 2.16. The largest absolute Gasteiger partial charge is 0.397 e. The second-order valence-corrected chi connectivity index (χ2v) is 4.62. The Morgan fingerprint density at radius 2 is 2.28 bits per heavy atom. The SMILES string of the molecule is CCCOCc1noc(-c2cccc(Br)c2N)n1. The van der Waals surface area contributed by atoms with Gasteiger partial charge in [-0.25, -0.2) is 0 Å². The molecule has 0 radical (unpaired) electrons. The summed E-state index contributed by atoms with van der Waals surface area (Å²) in [4.78, 5) is 4.25. The van der Waals surface area contributed by atoms with Crippen molar-refractivity contribution in [2.75, 3.05) is 12.3 Å². The molecule has 2 N–H and O–H groups in total. The zero-order valence-electron chi connectivity index (χ0n) is 10.0. The topological polar surface area (TPSA) is 74.2 Å². The molecule has 0 bridgehead atoms. The van der Waals surface area contributed by atoms with Gasteiger partial charge in [-0.3, -0.25) is 0 Å². The van der Waals surface area contributed by atoms with Crippen LogP contribution in [0.5, 0.6) is 0 Å². The molecular weight excluding hydrogens is 298 g/mol. The third-order valence-electron chi connectivity index (χ3n) is 2.33. The maximum absolute atomic E-state index is 5.94. The maximum Gasteiger partial charge on any atom is 0.260 e. The Labute approximate surface area is 113 Å². The highest BCUT2D eigenvalue weighted by molar-refractivity contribution is 9.10. The quantitative estimate of drug-likeness (QED) is 0.678. The van der Waals surface area contributed by atoms with Crippen molar-refractivity contribution < 1.29 is 9.26 Å². The number of nitrogen functional groups attached to an aromatic ring is 1. The second kappa shape index (κ2) is 5.97. The molecule has 5 nitrogen and oxygen atoms in total. The number of ether oxygens (including phenoxy) is 1. The first-order valence-electron chi connectivity index (χ1n) is 5.67. The fourth-order valence-electron chi connectivity index (χ4n) is 1.45. The molecule has 1 aromatic heterocycles. The molecule has 0 unspecified atom stereocenters. The minimum absolute atomic E-state index is 0.352. The maximum atomic E-state index is 5.94. The van der Waals surface area contributed by atoms with E-state index in [-0.39, 0.29) is 0 Å². The molecule has 6 heteroatoms. The van der Waals surface area contributed by atoms with Gasteiger partial charge in [0.1, 0.15) is 6.61 Å². The number of anilines is 1. The number of benzene rings is 1. The number of halogens is 1. The van der Waals surface area contributed by atoms with Crippen LogP contribution in [0, 0.1) is 0 Å². The monoisotopic (exact) mass is 311 g/mol. The number of hydrogen-bond donors (Lipinski definition) is 1. The van der Waals surface area contributed by atoms with Crippen molar-refractivity contribution in [1.82, 2.24) is 10.1 Å². The molecule has 0 fully saturated rings. The lowest BCUT2D eigenvalue weighted by molar-refractivity contribution is 0.114. The highest BCUT2D eigenvalue weighted by Crippen LogP contribution is 2.30. The van der Waals surface area contributed by atoms with Crippen LogP contribution in [-0.4, -0.2) is 16.7 Å². The molecule has 0 spiro atoms. The van der Waals surface area contributed by atoms with Gasteiger partial charge in [-0.2, -0.15) is 4.98 Å². The van der Waals surface area contributed by atoms with Crippen molar-refractivity contribution in [2.45, 2.75) is 20.0 Å². The van der Waals surface area contributed by atoms with Crippen LogP contribution in [0.4, 0.5) is 5.69 Å². The van der Waals surface area contributed by atoms with Gasteiger partial charge in [0.25, 0.3) is 5.89 Å². The second-order valence-electron chi connectivity index (χ2n) is 3.77. The van der Waals surface area contributed by atoms with E-state index in [4.69, 9.17) is 15.0 Å².